The molecule has 0 aliphatic rings. The maximum Gasteiger partial charge on any atom is 0.305 e. The number of anilines is 2. The van der Waals surface area contributed by atoms with Crippen molar-refractivity contribution >= 4 is 33.1 Å². The Kier molecular flexibility index (Phi) is 5.00. The van der Waals surface area contributed by atoms with Gasteiger partial charge in [-0.25, -0.2) is 0 Å². The highest BCUT2D eigenvalue weighted by molar-refractivity contribution is 7.86. The summed E-state index contributed by atoms with van der Waals surface area (Å²) in [6.45, 7) is -0.0219. The van der Waals surface area contributed by atoms with Crippen LogP contribution < -0.4 is 11.1 Å². The summed E-state index contributed by atoms with van der Waals surface area (Å²) in [5.74, 6) is -1.05. The Bertz CT molecular complexity index is 641. The Morgan fingerprint density at radius 2 is 2.10 bits per heavy atom. The van der Waals surface area contributed by atoms with Crippen molar-refractivity contribution in [2.24, 2.45) is 10.2 Å². The van der Waals surface area contributed by atoms with Gasteiger partial charge in [-0.2, -0.15) is 18.6 Å². The summed E-state index contributed by atoms with van der Waals surface area (Å²) >= 11 is 0. The zero-order valence-corrected chi connectivity index (χ0v) is 11.4. The highest BCUT2D eigenvalue weighted by Crippen LogP contribution is 2.32. The molecule has 0 atom stereocenters. The summed E-state index contributed by atoms with van der Waals surface area (Å²) in [6.07, 6.45) is -0.221. The van der Waals surface area contributed by atoms with E-state index < -0.39 is 21.0 Å². The van der Waals surface area contributed by atoms with Gasteiger partial charge < -0.3 is 16.2 Å². The number of nitrogen functional groups attached to an aromatic ring is 1. The molecule has 1 rings (SSSR count). The molecule has 0 fully saturated rings. The van der Waals surface area contributed by atoms with Crippen molar-refractivity contribution in [3.8, 4) is 0 Å². The number of hydrogen-bond acceptors (Lipinski definition) is 7. The molecule has 9 nitrogen and oxygen atoms in total. The Morgan fingerprint density at radius 3 is 2.60 bits per heavy atom. The van der Waals surface area contributed by atoms with Crippen molar-refractivity contribution in [3.05, 3.63) is 12.1 Å². The second-order valence-electron chi connectivity index (χ2n) is 3.75. The van der Waals surface area contributed by atoms with Gasteiger partial charge in [0.1, 0.15) is 10.6 Å². The third kappa shape index (κ3) is 4.17. The Balaban J connectivity index is 3.21. The number of azo groups is 1. The summed E-state index contributed by atoms with van der Waals surface area (Å²) < 4.78 is 31.8. The molecule has 0 saturated carbocycles. The second kappa shape index (κ2) is 6.30. The Hall–Kier alpha value is -2.20. The minimum absolute atomic E-state index is 0.00121. The van der Waals surface area contributed by atoms with E-state index in [2.05, 4.69) is 15.5 Å². The number of rotatable bonds is 6. The fraction of sp³-hybridized carbons (Fsp3) is 0.300. The van der Waals surface area contributed by atoms with Crippen LogP contribution in [-0.4, -0.2) is 37.6 Å². The molecule has 0 heterocycles. The van der Waals surface area contributed by atoms with E-state index in [0.717, 1.165) is 6.07 Å². The average molecular weight is 302 g/mol. The minimum atomic E-state index is -4.51. The maximum atomic E-state index is 11.3. The molecular formula is C10H14N4O5S. The van der Waals surface area contributed by atoms with Gasteiger partial charge in [0.25, 0.3) is 10.1 Å². The predicted octanol–water partition coefficient (Wildman–Crippen LogP) is 1.12. The number of carboxylic acids is 1. The van der Waals surface area contributed by atoms with E-state index >= 15 is 0 Å². The van der Waals surface area contributed by atoms with Gasteiger partial charge in [-0.1, -0.05) is 0 Å². The molecule has 0 spiro atoms. The first kappa shape index (κ1) is 15.9. The fourth-order valence-electron chi connectivity index (χ4n) is 1.44. The van der Waals surface area contributed by atoms with Crippen LogP contribution in [0.5, 0.6) is 0 Å². The molecule has 0 bridgehead atoms. The topological polar surface area (TPSA) is 154 Å². The van der Waals surface area contributed by atoms with E-state index in [9.17, 15) is 13.2 Å². The van der Waals surface area contributed by atoms with Gasteiger partial charge in [-0.3, -0.25) is 9.35 Å². The molecule has 0 amide bonds. The first-order chi connectivity index (χ1) is 9.25. The van der Waals surface area contributed by atoms with Gasteiger partial charge in [-0.05, 0) is 12.1 Å². The molecule has 0 aromatic heterocycles. The number of carbonyl (C=O) groups is 1. The van der Waals surface area contributed by atoms with E-state index in [4.69, 9.17) is 15.4 Å². The third-order valence-corrected chi connectivity index (χ3v) is 3.16. The van der Waals surface area contributed by atoms with E-state index in [1.807, 2.05) is 0 Å². The van der Waals surface area contributed by atoms with Crippen molar-refractivity contribution < 1.29 is 22.9 Å². The normalized spacial score (nSPS) is 11.7. The average Bonchev–Trinajstić information content (AvgIpc) is 2.30. The van der Waals surface area contributed by atoms with Crippen molar-refractivity contribution in [1.29, 1.82) is 0 Å². The van der Waals surface area contributed by atoms with Crippen LogP contribution in [0.3, 0.4) is 0 Å². The van der Waals surface area contributed by atoms with Gasteiger partial charge in [0.05, 0.1) is 17.8 Å². The first-order valence-electron chi connectivity index (χ1n) is 5.42. The third-order valence-electron chi connectivity index (χ3n) is 2.27. The predicted molar refractivity (Wildman–Crippen MR) is 71.9 cm³/mol. The number of hydrogen-bond donors (Lipinski definition) is 4. The lowest BCUT2D eigenvalue weighted by atomic mass is 10.2. The van der Waals surface area contributed by atoms with Crippen LogP contribution in [0.15, 0.2) is 27.3 Å². The summed E-state index contributed by atoms with van der Waals surface area (Å²) in [5.41, 5.74) is 5.89. The summed E-state index contributed by atoms with van der Waals surface area (Å²) in [5, 5.41) is 18.2. The van der Waals surface area contributed by atoms with E-state index in [0.29, 0.717) is 0 Å². The van der Waals surface area contributed by atoms with E-state index in [1.165, 1.54) is 13.1 Å². The van der Waals surface area contributed by atoms with E-state index in [-0.39, 0.29) is 30.0 Å². The number of benzene rings is 1. The second-order valence-corrected chi connectivity index (χ2v) is 5.14. The zero-order valence-electron chi connectivity index (χ0n) is 10.6. The number of nitrogens with one attached hydrogen (secondary N) is 1. The molecule has 0 aliphatic carbocycles. The summed E-state index contributed by atoms with van der Waals surface area (Å²) in [6, 6.07) is 2.30. The molecule has 0 aliphatic heterocycles. The molecule has 20 heavy (non-hydrogen) atoms. The van der Waals surface area contributed by atoms with Crippen LogP contribution in [0.25, 0.3) is 0 Å². The van der Waals surface area contributed by atoms with Crippen molar-refractivity contribution in [3.63, 3.8) is 0 Å². The van der Waals surface area contributed by atoms with Crippen LogP contribution in [0.2, 0.25) is 0 Å². The fourth-order valence-corrected chi connectivity index (χ4v) is 2.11. The Morgan fingerprint density at radius 1 is 1.45 bits per heavy atom. The van der Waals surface area contributed by atoms with Crippen LogP contribution in [-0.2, 0) is 14.9 Å². The molecule has 10 heteroatoms. The first-order valence-corrected chi connectivity index (χ1v) is 6.86. The van der Waals surface area contributed by atoms with Crippen LogP contribution >= 0.6 is 0 Å². The van der Waals surface area contributed by atoms with Gasteiger partial charge in [0.15, 0.2) is 0 Å². The van der Waals surface area contributed by atoms with Crippen LogP contribution in [0, 0.1) is 0 Å². The maximum absolute atomic E-state index is 11.3. The summed E-state index contributed by atoms with van der Waals surface area (Å²) in [7, 11) is -3.13. The molecule has 5 N–H and O–H groups in total. The molecule has 0 saturated heterocycles. The number of carboxylic acid groups (broad SMARTS) is 1. The molecule has 0 radical (unpaired) electrons. The largest absolute Gasteiger partial charge is 0.481 e. The summed E-state index contributed by atoms with van der Waals surface area (Å²) in [4.78, 5) is 9.97. The zero-order chi connectivity index (χ0) is 15.3. The molecule has 1 aromatic carbocycles. The number of nitrogens with two attached hydrogens (primary N) is 1. The van der Waals surface area contributed by atoms with Gasteiger partial charge >= 0.3 is 5.97 Å². The van der Waals surface area contributed by atoms with Crippen molar-refractivity contribution in [1.82, 2.24) is 0 Å². The van der Waals surface area contributed by atoms with Crippen LogP contribution in [0.4, 0.5) is 17.1 Å². The highest BCUT2D eigenvalue weighted by Gasteiger charge is 2.18. The quantitative estimate of drug-likeness (QED) is 0.348. The lowest BCUT2D eigenvalue weighted by molar-refractivity contribution is -0.136. The van der Waals surface area contributed by atoms with E-state index in [1.54, 1.807) is 0 Å². The van der Waals surface area contributed by atoms with Gasteiger partial charge in [0, 0.05) is 13.6 Å². The smallest absolute Gasteiger partial charge is 0.305 e. The molecule has 1 aromatic rings. The lowest BCUT2D eigenvalue weighted by Crippen LogP contribution is -2.11. The van der Waals surface area contributed by atoms with Crippen LogP contribution in [0.1, 0.15) is 6.42 Å². The van der Waals surface area contributed by atoms with Crippen molar-refractivity contribution in [2.75, 3.05) is 24.6 Å². The highest BCUT2D eigenvalue weighted by atomic mass is 32.2. The minimum Gasteiger partial charge on any atom is -0.481 e. The Labute approximate surface area is 115 Å². The number of nitrogens with zero attached hydrogens (tertiary/aromatic N) is 2. The van der Waals surface area contributed by atoms with Gasteiger partial charge in [0.2, 0.25) is 0 Å². The lowest BCUT2D eigenvalue weighted by Gasteiger charge is -2.11. The monoisotopic (exact) mass is 302 g/mol. The van der Waals surface area contributed by atoms with Gasteiger partial charge in [-0.15, -0.1) is 0 Å². The number of aliphatic carboxylic acids is 1. The standard InChI is InChI=1S/C10H14N4O5S/c1-12-14-7-5-9(20(17,18)19)8(4-6(7)11)13-3-2-10(15)16/h4-5,13H,2-3,11H2,1H3,(H,15,16)(H,17,18,19). The molecular weight excluding hydrogens is 288 g/mol. The molecule has 110 valence electrons. The SMILES string of the molecule is CN=Nc1cc(S(=O)(=O)O)c(NCCC(=O)O)cc1N. The molecule has 0 unspecified atom stereocenters. The van der Waals surface area contributed by atoms with Crippen molar-refractivity contribution in [2.45, 2.75) is 11.3 Å².